The molecular formula is C23H30N2O4. The predicted octanol–water partition coefficient (Wildman–Crippen LogP) is 4.87. The molecule has 2 rings (SSSR count). The fraction of sp³-hybridized carbons (Fsp3) is 0.391. The maximum Gasteiger partial charge on any atom is 0.213 e. The van der Waals surface area contributed by atoms with Crippen molar-refractivity contribution in [2.45, 2.75) is 34.1 Å². The van der Waals surface area contributed by atoms with Gasteiger partial charge in [-0.1, -0.05) is 17.3 Å². The van der Waals surface area contributed by atoms with Crippen LogP contribution in [0.1, 0.15) is 37.0 Å². The molecule has 0 spiro atoms. The van der Waals surface area contributed by atoms with Crippen LogP contribution in [-0.4, -0.2) is 37.6 Å². The van der Waals surface area contributed by atoms with Gasteiger partial charge in [0.25, 0.3) is 0 Å². The van der Waals surface area contributed by atoms with Crippen molar-refractivity contribution < 1.29 is 19.0 Å². The zero-order valence-corrected chi connectivity index (χ0v) is 17.9. The highest BCUT2D eigenvalue weighted by Gasteiger charge is 2.07. The van der Waals surface area contributed by atoms with E-state index < -0.39 is 0 Å². The Hall–Kier alpha value is -3.02. The minimum atomic E-state index is 0.528. The highest BCUT2D eigenvalue weighted by atomic mass is 16.6. The molecule has 0 amide bonds. The first-order chi connectivity index (χ1) is 14.0. The van der Waals surface area contributed by atoms with Gasteiger partial charge in [-0.25, -0.2) is 4.98 Å². The van der Waals surface area contributed by atoms with E-state index in [0.29, 0.717) is 25.7 Å². The number of rotatable bonds is 11. The summed E-state index contributed by atoms with van der Waals surface area (Å²) in [5, 5.41) is 3.89. The van der Waals surface area contributed by atoms with Crippen LogP contribution in [0.3, 0.4) is 0 Å². The minimum absolute atomic E-state index is 0.528. The lowest BCUT2D eigenvalue weighted by atomic mass is 10.1. The Kier molecular flexibility index (Phi) is 9.02. The maximum atomic E-state index is 5.96. The van der Waals surface area contributed by atoms with E-state index in [9.17, 15) is 0 Å². The van der Waals surface area contributed by atoms with Gasteiger partial charge in [0.1, 0.15) is 25.2 Å². The van der Waals surface area contributed by atoms with E-state index in [1.54, 1.807) is 6.20 Å². The van der Waals surface area contributed by atoms with Crippen LogP contribution in [-0.2, 0) is 4.84 Å². The summed E-state index contributed by atoms with van der Waals surface area (Å²) in [6.45, 7) is 9.57. The molecular weight excluding hydrogens is 368 g/mol. The molecule has 0 saturated heterocycles. The molecule has 0 radical (unpaired) electrons. The molecule has 29 heavy (non-hydrogen) atoms. The third-order valence-corrected chi connectivity index (χ3v) is 4.18. The molecule has 0 fully saturated rings. The number of allylic oxidation sites excluding steroid dienone is 1. The van der Waals surface area contributed by atoms with E-state index in [0.717, 1.165) is 40.3 Å². The smallest absolute Gasteiger partial charge is 0.213 e. The number of nitrogens with zero attached hydrogens (tertiary/aromatic N) is 2. The first-order valence-corrected chi connectivity index (χ1v) is 9.70. The fourth-order valence-electron chi connectivity index (χ4n) is 2.74. The van der Waals surface area contributed by atoms with E-state index in [4.69, 9.17) is 19.0 Å². The first kappa shape index (κ1) is 22.3. The molecule has 1 aromatic heterocycles. The van der Waals surface area contributed by atoms with Crippen LogP contribution in [0.2, 0.25) is 0 Å². The molecule has 0 aliphatic carbocycles. The highest BCUT2D eigenvalue weighted by molar-refractivity contribution is 5.98. The number of aromatic nitrogens is 1. The zero-order valence-electron chi connectivity index (χ0n) is 17.9. The summed E-state index contributed by atoms with van der Waals surface area (Å²) in [5.74, 6) is 2.34. The highest BCUT2D eigenvalue weighted by Crippen LogP contribution is 2.28. The van der Waals surface area contributed by atoms with Gasteiger partial charge in [0.2, 0.25) is 5.88 Å². The van der Waals surface area contributed by atoms with Gasteiger partial charge in [0.15, 0.2) is 0 Å². The summed E-state index contributed by atoms with van der Waals surface area (Å²) < 4.78 is 17.4. The number of benzene rings is 1. The van der Waals surface area contributed by atoms with E-state index >= 15 is 0 Å². The third-order valence-electron chi connectivity index (χ3n) is 4.18. The SMILES string of the molecule is C/C=C/COc1cc(C)c(OCCCOc2ccc(/C(C)=N/OC)cn2)c(C)c1. The normalized spacial score (nSPS) is 11.6. The van der Waals surface area contributed by atoms with Gasteiger partial charge in [0.05, 0.1) is 18.9 Å². The summed E-state index contributed by atoms with van der Waals surface area (Å²) in [7, 11) is 1.52. The quantitative estimate of drug-likeness (QED) is 0.234. The van der Waals surface area contributed by atoms with E-state index in [-0.39, 0.29) is 0 Å². The van der Waals surface area contributed by atoms with Gasteiger partial charge in [-0.2, -0.15) is 0 Å². The van der Waals surface area contributed by atoms with Crippen molar-refractivity contribution in [3.05, 3.63) is 59.3 Å². The Morgan fingerprint density at radius 3 is 2.41 bits per heavy atom. The molecule has 0 aliphatic rings. The summed E-state index contributed by atoms with van der Waals surface area (Å²) in [5.41, 5.74) is 3.79. The van der Waals surface area contributed by atoms with Crippen LogP contribution in [0.4, 0.5) is 0 Å². The van der Waals surface area contributed by atoms with Crippen molar-refractivity contribution in [2.75, 3.05) is 26.9 Å². The van der Waals surface area contributed by atoms with Crippen LogP contribution in [0, 0.1) is 13.8 Å². The van der Waals surface area contributed by atoms with Gasteiger partial charge < -0.3 is 19.0 Å². The number of pyridine rings is 1. The van der Waals surface area contributed by atoms with Gasteiger partial charge in [-0.05, 0) is 57.0 Å². The van der Waals surface area contributed by atoms with Gasteiger partial charge >= 0.3 is 0 Å². The first-order valence-electron chi connectivity index (χ1n) is 9.70. The summed E-state index contributed by atoms with van der Waals surface area (Å²) in [6.07, 6.45) is 6.42. The molecule has 0 aliphatic heterocycles. The topological polar surface area (TPSA) is 62.2 Å². The van der Waals surface area contributed by atoms with Crippen molar-refractivity contribution in [1.29, 1.82) is 0 Å². The largest absolute Gasteiger partial charge is 0.493 e. The predicted molar refractivity (Wildman–Crippen MR) is 115 cm³/mol. The molecule has 2 aromatic rings. The Labute approximate surface area is 173 Å². The Morgan fingerprint density at radius 1 is 1.07 bits per heavy atom. The molecule has 0 atom stereocenters. The van der Waals surface area contributed by atoms with Gasteiger partial charge in [0, 0.05) is 24.2 Å². The lowest BCUT2D eigenvalue weighted by molar-refractivity contribution is 0.213. The molecule has 156 valence electrons. The molecule has 0 bridgehead atoms. The summed E-state index contributed by atoms with van der Waals surface area (Å²) >= 11 is 0. The van der Waals surface area contributed by atoms with Crippen molar-refractivity contribution in [3.63, 3.8) is 0 Å². The number of hydrogen-bond acceptors (Lipinski definition) is 6. The van der Waals surface area contributed by atoms with E-state index in [2.05, 4.69) is 10.1 Å². The zero-order chi connectivity index (χ0) is 21.1. The van der Waals surface area contributed by atoms with E-state index in [1.165, 1.54) is 7.11 Å². The van der Waals surface area contributed by atoms with Crippen LogP contribution in [0.5, 0.6) is 17.4 Å². The molecule has 6 heteroatoms. The number of ether oxygens (including phenoxy) is 3. The average Bonchev–Trinajstić information content (AvgIpc) is 2.70. The summed E-state index contributed by atoms with van der Waals surface area (Å²) in [6, 6.07) is 7.74. The van der Waals surface area contributed by atoms with Crippen molar-refractivity contribution in [2.24, 2.45) is 5.16 Å². The van der Waals surface area contributed by atoms with Crippen LogP contribution in [0.15, 0.2) is 47.8 Å². The second kappa shape index (κ2) is 11.7. The fourth-order valence-corrected chi connectivity index (χ4v) is 2.74. The molecule has 0 unspecified atom stereocenters. The van der Waals surface area contributed by atoms with Gasteiger partial charge in [-0.3, -0.25) is 0 Å². The summed E-state index contributed by atoms with van der Waals surface area (Å²) in [4.78, 5) is 9.06. The second-order valence-corrected chi connectivity index (χ2v) is 6.56. The maximum absolute atomic E-state index is 5.96. The second-order valence-electron chi connectivity index (χ2n) is 6.56. The van der Waals surface area contributed by atoms with Crippen LogP contribution < -0.4 is 14.2 Å². The van der Waals surface area contributed by atoms with Crippen LogP contribution >= 0.6 is 0 Å². The molecule has 1 aromatic carbocycles. The number of oxime groups is 1. The van der Waals surface area contributed by atoms with Gasteiger partial charge in [-0.15, -0.1) is 0 Å². The van der Waals surface area contributed by atoms with Crippen molar-refractivity contribution >= 4 is 5.71 Å². The molecule has 6 nitrogen and oxygen atoms in total. The monoisotopic (exact) mass is 398 g/mol. The lowest BCUT2D eigenvalue weighted by Gasteiger charge is -2.14. The molecule has 0 saturated carbocycles. The molecule has 0 N–H and O–H groups in total. The van der Waals surface area contributed by atoms with Crippen molar-refractivity contribution in [3.8, 4) is 17.4 Å². The Morgan fingerprint density at radius 2 is 1.79 bits per heavy atom. The minimum Gasteiger partial charge on any atom is -0.493 e. The average molecular weight is 399 g/mol. The van der Waals surface area contributed by atoms with Crippen molar-refractivity contribution in [1.82, 2.24) is 4.98 Å². The Balaban J connectivity index is 1.78. The van der Waals surface area contributed by atoms with Crippen LogP contribution in [0.25, 0.3) is 0 Å². The molecule has 1 heterocycles. The third kappa shape index (κ3) is 7.14. The standard InChI is InChI=1S/C23H30N2O4/c1-6-7-11-27-21-14-17(2)23(18(3)15-21)29-13-8-12-28-22-10-9-20(16-24-22)19(4)25-26-5/h6-7,9-10,14-16H,8,11-13H2,1-5H3/b7-6+,25-19+. The lowest BCUT2D eigenvalue weighted by Crippen LogP contribution is -2.07. The Bertz CT molecular complexity index is 806. The number of hydrogen-bond donors (Lipinski definition) is 0. The van der Waals surface area contributed by atoms with E-state index in [1.807, 2.05) is 64.1 Å². The number of aryl methyl sites for hydroxylation is 2.